The van der Waals surface area contributed by atoms with Gasteiger partial charge in [0, 0.05) is 28.8 Å². The summed E-state index contributed by atoms with van der Waals surface area (Å²) in [4.78, 5) is 25.7. The van der Waals surface area contributed by atoms with Crippen molar-refractivity contribution in [1.82, 2.24) is 9.78 Å². The number of aromatic nitrogens is 2. The van der Waals surface area contributed by atoms with E-state index in [1.807, 2.05) is 28.9 Å². The van der Waals surface area contributed by atoms with Crippen LogP contribution in [-0.2, 0) is 6.67 Å². The molecular weight excluding hydrogens is 358 g/mol. The third-order valence-electron chi connectivity index (χ3n) is 5.32. The van der Waals surface area contributed by atoms with Gasteiger partial charge in [0.15, 0.2) is 12.5 Å². The topological polar surface area (TPSA) is 85.7 Å². The number of Topliss-reactive ketones (excluding diaryl/α,β-unsaturated/α-hetero) is 1. The number of nitrogens with one attached hydrogen (secondary N) is 1. The van der Waals surface area contributed by atoms with Gasteiger partial charge in [0.05, 0.1) is 42.8 Å². The van der Waals surface area contributed by atoms with Crippen LogP contribution in [0.1, 0.15) is 17.3 Å². The predicted molar refractivity (Wildman–Crippen MR) is 106 cm³/mol. The summed E-state index contributed by atoms with van der Waals surface area (Å²) in [6.45, 7) is 6.12. The predicted octanol–water partition coefficient (Wildman–Crippen LogP) is 1.51. The summed E-state index contributed by atoms with van der Waals surface area (Å²) in [7, 11) is 0. The number of benzene rings is 2. The van der Waals surface area contributed by atoms with Gasteiger partial charge in [0.2, 0.25) is 0 Å². The van der Waals surface area contributed by atoms with Crippen LogP contribution in [0.2, 0.25) is 0 Å². The van der Waals surface area contributed by atoms with Gasteiger partial charge in [-0.3, -0.25) is 14.9 Å². The summed E-state index contributed by atoms with van der Waals surface area (Å²) >= 11 is 0. The molecule has 144 valence electrons. The molecule has 0 spiro atoms. The molecule has 3 aromatic rings. The fourth-order valence-electron chi connectivity index (χ4n) is 3.67. The van der Waals surface area contributed by atoms with Gasteiger partial charge in [-0.2, -0.15) is 5.10 Å². The minimum absolute atomic E-state index is 0.0811. The molecule has 0 aliphatic carbocycles. The van der Waals surface area contributed by atoms with Crippen LogP contribution in [-0.4, -0.2) is 46.7 Å². The van der Waals surface area contributed by atoms with E-state index in [0.29, 0.717) is 0 Å². The lowest BCUT2D eigenvalue weighted by Crippen LogP contribution is -3.14. The Kier molecular flexibility index (Phi) is 4.79. The molecule has 1 fully saturated rings. The van der Waals surface area contributed by atoms with E-state index >= 15 is 0 Å². The van der Waals surface area contributed by atoms with E-state index in [1.165, 1.54) is 11.0 Å². The van der Waals surface area contributed by atoms with E-state index in [1.54, 1.807) is 25.3 Å². The molecule has 1 saturated heterocycles. The monoisotopic (exact) mass is 380 g/mol. The quantitative estimate of drug-likeness (QED) is 0.412. The molecule has 2 heterocycles. The van der Waals surface area contributed by atoms with Gasteiger partial charge in [-0.1, -0.05) is 0 Å². The first-order chi connectivity index (χ1) is 13.5. The van der Waals surface area contributed by atoms with E-state index in [2.05, 4.69) is 10.00 Å². The number of nitro benzene ring substituents is 1. The fraction of sp³-hybridized carbons (Fsp3) is 0.300. The zero-order valence-corrected chi connectivity index (χ0v) is 15.7. The van der Waals surface area contributed by atoms with Crippen LogP contribution < -0.4 is 9.80 Å². The van der Waals surface area contributed by atoms with E-state index in [0.717, 1.165) is 55.0 Å². The number of nitro groups is 1. The highest BCUT2D eigenvalue weighted by Gasteiger charge is 2.21. The van der Waals surface area contributed by atoms with Gasteiger partial charge in [0.1, 0.15) is 0 Å². The average Bonchev–Trinajstić information content (AvgIpc) is 3.10. The third-order valence-corrected chi connectivity index (χ3v) is 5.32. The number of quaternary nitrogens is 1. The number of nitrogens with zero attached hydrogens (tertiary/aromatic N) is 4. The fourth-order valence-corrected chi connectivity index (χ4v) is 3.67. The molecule has 0 bridgehead atoms. The first-order valence-electron chi connectivity index (χ1n) is 9.31. The maximum atomic E-state index is 11.4. The molecule has 0 radical (unpaired) electrons. The molecule has 1 N–H and O–H groups in total. The molecule has 28 heavy (non-hydrogen) atoms. The molecule has 0 atom stereocenters. The second kappa shape index (κ2) is 7.40. The van der Waals surface area contributed by atoms with Crippen LogP contribution in [0.4, 0.5) is 11.4 Å². The molecule has 1 aromatic heterocycles. The summed E-state index contributed by atoms with van der Waals surface area (Å²) in [5.74, 6) is 0.0811. The van der Waals surface area contributed by atoms with Crippen molar-refractivity contribution in [3.63, 3.8) is 0 Å². The highest BCUT2D eigenvalue weighted by Crippen LogP contribution is 2.20. The number of carbonyl (C=O) groups is 1. The molecule has 1 aliphatic heterocycles. The average molecular weight is 380 g/mol. The van der Waals surface area contributed by atoms with E-state index in [9.17, 15) is 14.9 Å². The smallest absolute Gasteiger partial charge is 0.270 e. The van der Waals surface area contributed by atoms with Crippen molar-refractivity contribution < 1.29 is 14.6 Å². The molecule has 0 amide bonds. The number of non-ortho nitro benzene ring substituents is 1. The van der Waals surface area contributed by atoms with Crippen molar-refractivity contribution >= 4 is 28.1 Å². The van der Waals surface area contributed by atoms with Crippen LogP contribution in [0.25, 0.3) is 10.9 Å². The van der Waals surface area contributed by atoms with Crippen molar-refractivity contribution in [2.75, 3.05) is 31.1 Å². The molecule has 0 saturated carbocycles. The Morgan fingerprint density at radius 1 is 1.18 bits per heavy atom. The standard InChI is InChI=1S/C20H21N5O3/c1-15(26)16-2-4-18(5-3-16)23-10-8-22(9-11-23)14-24-20-7-6-19(25(27)28)12-17(20)13-21-24/h2-7,12-13H,8-11,14H2,1H3/p+1. The maximum Gasteiger partial charge on any atom is 0.270 e. The highest BCUT2D eigenvalue weighted by molar-refractivity contribution is 5.94. The second-order valence-electron chi connectivity index (χ2n) is 7.14. The van der Waals surface area contributed by atoms with Gasteiger partial charge < -0.3 is 9.80 Å². The van der Waals surface area contributed by atoms with Crippen molar-refractivity contribution in [3.05, 3.63) is 64.3 Å². The van der Waals surface area contributed by atoms with Gasteiger partial charge in [-0.15, -0.1) is 0 Å². The minimum atomic E-state index is -0.385. The largest absolute Gasteiger partial charge is 0.360 e. The number of rotatable bonds is 5. The summed E-state index contributed by atoms with van der Waals surface area (Å²) in [6, 6.07) is 12.6. The van der Waals surface area contributed by atoms with Crippen LogP contribution in [0.5, 0.6) is 0 Å². The normalized spacial score (nSPS) is 15.1. The lowest BCUT2D eigenvalue weighted by molar-refractivity contribution is -0.923. The van der Waals surface area contributed by atoms with Crippen LogP contribution in [0, 0.1) is 10.1 Å². The van der Waals surface area contributed by atoms with Crippen LogP contribution in [0.3, 0.4) is 0 Å². The Balaban J connectivity index is 1.40. The lowest BCUT2D eigenvalue weighted by Gasteiger charge is -2.33. The van der Waals surface area contributed by atoms with Crippen molar-refractivity contribution in [3.8, 4) is 0 Å². The third kappa shape index (κ3) is 3.59. The zero-order valence-electron chi connectivity index (χ0n) is 15.7. The van der Waals surface area contributed by atoms with Crippen LogP contribution >= 0.6 is 0 Å². The number of anilines is 1. The Morgan fingerprint density at radius 3 is 2.54 bits per heavy atom. The zero-order chi connectivity index (χ0) is 19.7. The number of fused-ring (bicyclic) bond motifs is 1. The first kappa shape index (κ1) is 18.1. The second-order valence-corrected chi connectivity index (χ2v) is 7.14. The van der Waals surface area contributed by atoms with E-state index < -0.39 is 0 Å². The van der Waals surface area contributed by atoms with Crippen molar-refractivity contribution in [2.45, 2.75) is 13.6 Å². The van der Waals surface area contributed by atoms with E-state index in [4.69, 9.17) is 0 Å². The Labute approximate surface area is 162 Å². The van der Waals surface area contributed by atoms with Crippen molar-refractivity contribution in [2.24, 2.45) is 0 Å². The summed E-state index contributed by atoms with van der Waals surface area (Å²) in [6.07, 6.45) is 1.69. The van der Waals surface area contributed by atoms with Crippen molar-refractivity contribution in [1.29, 1.82) is 0 Å². The Hall–Kier alpha value is -3.26. The van der Waals surface area contributed by atoms with Gasteiger partial charge in [-0.25, -0.2) is 4.68 Å². The molecular formula is C20H22N5O3+. The molecule has 1 aliphatic rings. The number of hydrogen-bond acceptors (Lipinski definition) is 5. The summed E-state index contributed by atoms with van der Waals surface area (Å²) in [5, 5.41) is 16.1. The SMILES string of the molecule is CC(=O)c1ccc(N2CC[NH+](Cn3ncc4cc([N+](=O)[O-])ccc43)CC2)cc1. The lowest BCUT2D eigenvalue weighted by atomic mass is 10.1. The van der Waals surface area contributed by atoms with Gasteiger partial charge in [0.25, 0.3) is 5.69 Å². The van der Waals surface area contributed by atoms with Gasteiger partial charge in [-0.05, 0) is 37.3 Å². The summed E-state index contributed by atoms with van der Waals surface area (Å²) < 4.78 is 1.92. The van der Waals surface area contributed by atoms with E-state index in [-0.39, 0.29) is 16.4 Å². The Bertz CT molecular complexity index is 1020. The van der Waals surface area contributed by atoms with Gasteiger partial charge >= 0.3 is 0 Å². The first-order valence-corrected chi connectivity index (χ1v) is 9.31. The molecule has 8 nitrogen and oxygen atoms in total. The maximum absolute atomic E-state index is 11.4. The number of piperazine rings is 1. The number of ketones is 1. The number of hydrogen-bond donors (Lipinski definition) is 1. The highest BCUT2D eigenvalue weighted by atomic mass is 16.6. The summed E-state index contributed by atoms with van der Waals surface area (Å²) in [5.41, 5.74) is 2.88. The molecule has 2 aromatic carbocycles. The Morgan fingerprint density at radius 2 is 1.89 bits per heavy atom. The molecule has 0 unspecified atom stereocenters. The van der Waals surface area contributed by atoms with Crippen LogP contribution in [0.15, 0.2) is 48.7 Å². The minimum Gasteiger partial charge on any atom is -0.360 e. The molecule has 8 heteroatoms. The number of carbonyl (C=O) groups excluding carboxylic acids is 1. The molecule has 4 rings (SSSR count).